The van der Waals surface area contributed by atoms with Gasteiger partial charge in [-0.05, 0) is 19.8 Å². The minimum atomic E-state index is -0.444. The molecular formula is C9H18BrNO. The molecule has 1 N–H and O–H groups in total. The summed E-state index contributed by atoms with van der Waals surface area (Å²) < 4.78 is -0.444. The van der Waals surface area contributed by atoms with Gasteiger partial charge in [-0.1, -0.05) is 36.2 Å². The van der Waals surface area contributed by atoms with E-state index >= 15 is 0 Å². The number of rotatable bonds is 4. The molecule has 0 aliphatic heterocycles. The molecule has 0 saturated heterocycles. The maximum absolute atomic E-state index is 11.3. The van der Waals surface area contributed by atoms with Crippen LogP contribution in [0.25, 0.3) is 0 Å². The van der Waals surface area contributed by atoms with E-state index in [1.54, 1.807) is 0 Å². The number of carbonyl (C=O) groups is 1. The van der Waals surface area contributed by atoms with E-state index < -0.39 is 4.32 Å². The fourth-order valence-electron chi connectivity index (χ4n) is 0.621. The summed E-state index contributed by atoms with van der Waals surface area (Å²) in [5.41, 5.74) is 0. The van der Waals surface area contributed by atoms with Gasteiger partial charge in [-0.25, -0.2) is 0 Å². The largest absolute Gasteiger partial charge is 0.355 e. The van der Waals surface area contributed by atoms with Gasteiger partial charge in [-0.15, -0.1) is 0 Å². The second-order valence-corrected chi connectivity index (χ2v) is 5.68. The molecule has 0 heterocycles. The van der Waals surface area contributed by atoms with Crippen LogP contribution in [0.1, 0.15) is 34.1 Å². The average molecular weight is 236 g/mol. The van der Waals surface area contributed by atoms with Crippen LogP contribution in [0.3, 0.4) is 0 Å². The Morgan fingerprint density at radius 2 is 2.08 bits per heavy atom. The van der Waals surface area contributed by atoms with E-state index in [4.69, 9.17) is 0 Å². The normalized spacial score (nSPS) is 14.1. The first-order valence-electron chi connectivity index (χ1n) is 4.35. The Kier molecular flexibility index (Phi) is 4.83. The van der Waals surface area contributed by atoms with Crippen LogP contribution in [0.15, 0.2) is 0 Å². The number of hydrogen-bond acceptors (Lipinski definition) is 1. The highest BCUT2D eigenvalue weighted by atomic mass is 79.9. The van der Waals surface area contributed by atoms with Crippen molar-refractivity contribution in [2.75, 3.05) is 6.54 Å². The maximum Gasteiger partial charge on any atom is 0.236 e. The molecule has 1 amide bonds. The summed E-state index contributed by atoms with van der Waals surface area (Å²) in [5.74, 6) is 0.617. The third-order valence-electron chi connectivity index (χ3n) is 1.85. The highest BCUT2D eigenvalue weighted by Crippen LogP contribution is 2.15. The lowest BCUT2D eigenvalue weighted by atomic mass is 10.1. The first kappa shape index (κ1) is 11.9. The SMILES string of the molecule is CCC(C)CNC(=O)C(C)(C)Br. The first-order valence-corrected chi connectivity index (χ1v) is 5.14. The third-order valence-corrected chi connectivity index (χ3v) is 2.21. The number of carbonyl (C=O) groups excluding carboxylic acids is 1. The van der Waals surface area contributed by atoms with Gasteiger partial charge in [-0.2, -0.15) is 0 Å². The number of halogens is 1. The quantitative estimate of drug-likeness (QED) is 0.745. The van der Waals surface area contributed by atoms with Crippen LogP contribution in [0.2, 0.25) is 0 Å². The molecule has 0 aliphatic rings. The Hall–Kier alpha value is -0.0500. The molecule has 1 unspecified atom stereocenters. The monoisotopic (exact) mass is 235 g/mol. The number of hydrogen-bond donors (Lipinski definition) is 1. The van der Waals surface area contributed by atoms with Crippen molar-refractivity contribution in [2.24, 2.45) is 5.92 Å². The lowest BCUT2D eigenvalue weighted by Gasteiger charge is -2.17. The topological polar surface area (TPSA) is 29.1 Å². The van der Waals surface area contributed by atoms with Crippen LogP contribution in [-0.4, -0.2) is 16.8 Å². The summed E-state index contributed by atoms with van der Waals surface area (Å²) in [6.07, 6.45) is 1.10. The Morgan fingerprint density at radius 3 is 2.42 bits per heavy atom. The number of amides is 1. The molecule has 12 heavy (non-hydrogen) atoms. The lowest BCUT2D eigenvalue weighted by molar-refractivity contribution is -0.122. The van der Waals surface area contributed by atoms with Crippen molar-refractivity contribution in [2.45, 2.75) is 38.4 Å². The Balaban J connectivity index is 3.73. The summed E-state index contributed by atoms with van der Waals surface area (Å²) in [5, 5.41) is 2.89. The Labute approximate surface area is 83.2 Å². The molecule has 0 rings (SSSR count). The van der Waals surface area contributed by atoms with Gasteiger partial charge in [0.25, 0.3) is 0 Å². The van der Waals surface area contributed by atoms with E-state index in [9.17, 15) is 4.79 Å². The van der Waals surface area contributed by atoms with Crippen molar-refractivity contribution in [1.29, 1.82) is 0 Å². The summed E-state index contributed by atoms with van der Waals surface area (Å²) >= 11 is 3.30. The van der Waals surface area contributed by atoms with E-state index in [0.29, 0.717) is 5.92 Å². The van der Waals surface area contributed by atoms with Gasteiger partial charge in [0.1, 0.15) is 0 Å². The summed E-state index contributed by atoms with van der Waals surface area (Å²) in [4.78, 5) is 11.3. The van der Waals surface area contributed by atoms with Crippen LogP contribution >= 0.6 is 15.9 Å². The molecule has 0 aromatic carbocycles. The van der Waals surface area contributed by atoms with Gasteiger partial charge in [0.2, 0.25) is 5.91 Å². The van der Waals surface area contributed by atoms with Crippen molar-refractivity contribution in [1.82, 2.24) is 5.32 Å². The predicted octanol–water partition coefficient (Wildman–Crippen LogP) is 2.32. The van der Waals surface area contributed by atoms with Crippen molar-refractivity contribution >= 4 is 21.8 Å². The van der Waals surface area contributed by atoms with Crippen LogP contribution < -0.4 is 5.32 Å². The Bertz CT molecular complexity index is 151. The standard InChI is InChI=1S/C9H18BrNO/c1-5-7(2)6-11-8(12)9(3,4)10/h7H,5-6H2,1-4H3,(H,11,12). The van der Waals surface area contributed by atoms with Gasteiger partial charge >= 0.3 is 0 Å². The smallest absolute Gasteiger partial charge is 0.236 e. The average Bonchev–Trinajstić information content (AvgIpc) is 1.97. The van der Waals surface area contributed by atoms with Crippen LogP contribution in [0.4, 0.5) is 0 Å². The zero-order chi connectivity index (χ0) is 9.78. The van der Waals surface area contributed by atoms with Gasteiger partial charge < -0.3 is 5.32 Å². The zero-order valence-electron chi connectivity index (χ0n) is 8.28. The van der Waals surface area contributed by atoms with Crippen molar-refractivity contribution < 1.29 is 4.79 Å². The van der Waals surface area contributed by atoms with Crippen LogP contribution in [0.5, 0.6) is 0 Å². The van der Waals surface area contributed by atoms with Crippen molar-refractivity contribution in [3.8, 4) is 0 Å². The summed E-state index contributed by atoms with van der Waals surface area (Å²) in [7, 11) is 0. The number of nitrogens with one attached hydrogen (secondary N) is 1. The van der Waals surface area contributed by atoms with E-state index in [-0.39, 0.29) is 5.91 Å². The zero-order valence-corrected chi connectivity index (χ0v) is 9.86. The molecular weight excluding hydrogens is 218 g/mol. The second kappa shape index (κ2) is 4.85. The highest BCUT2D eigenvalue weighted by Gasteiger charge is 2.23. The van der Waals surface area contributed by atoms with Crippen LogP contribution in [0, 0.1) is 5.92 Å². The Morgan fingerprint density at radius 1 is 1.58 bits per heavy atom. The second-order valence-electron chi connectivity index (χ2n) is 3.70. The first-order chi connectivity index (χ1) is 5.38. The van der Waals surface area contributed by atoms with E-state index in [1.807, 2.05) is 13.8 Å². The fourth-order valence-corrected chi connectivity index (χ4v) is 0.762. The lowest BCUT2D eigenvalue weighted by Crippen LogP contribution is -2.39. The molecule has 0 saturated carbocycles. The molecule has 2 nitrogen and oxygen atoms in total. The highest BCUT2D eigenvalue weighted by molar-refractivity contribution is 9.10. The van der Waals surface area contributed by atoms with E-state index in [0.717, 1.165) is 13.0 Å². The summed E-state index contributed by atoms with van der Waals surface area (Å²) in [6, 6.07) is 0. The van der Waals surface area contributed by atoms with Gasteiger partial charge in [-0.3, -0.25) is 4.79 Å². The van der Waals surface area contributed by atoms with E-state index in [1.165, 1.54) is 0 Å². The van der Waals surface area contributed by atoms with E-state index in [2.05, 4.69) is 35.1 Å². The molecule has 0 aromatic rings. The fraction of sp³-hybridized carbons (Fsp3) is 0.889. The molecule has 0 radical (unpaired) electrons. The molecule has 0 bridgehead atoms. The molecule has 0 spiro atoms. The van der Waals surface area contributed by atoms with Gasteiger partial charge in [0.15, 0.2) is 0 Å². The molecule has 0 aromatic heterocycles. The molecule has 3 heteroatoms. The third kappa shape index (κ3) is 4.75. The minimum Gasteiger partial charge on any atom is -0.355 e. The number of alkyl halides is 1. The van der Waals surface area contributed by atoms with Gasteiger partial charge in [0, 0.05) is 6.54 Å². The van der Waals surface area contributed by atoms with Crippen LogP contribution in [-0.2, 0) is 4.79 Å². The van der Waals surface area contributed by atoms with Gasteiger partial charge in [0.05, 0.1) is 4.32 Å². The summed E-state index contributed by atoms with van der Waals surface area (Å²) in [6.45, 7) is 8.71. The minimum absolute atomic E-state index is 0.0581. The molecule has 1 atom stereocenters. The van der Waals surface area contributed by atoms with Crippen molar-refractivity contribution in [3.63, 3.8) is 0 Å². The maximum atomic E-state index is 11.3. The molecule has 0 fully saturated rings. The van der Waals surface area contributed by atoms with Crippen molar-refractivity contribution in [3.05, 3.63) is 0 Å². The predicted molar refractivity (Wildman–Crippen MR) is 55.5 cm³/mol. The molecule has 0 aliphatic carbocycles. The molecule has 72 valence electrons.